The molecule has 3 heterocycles. The highest BCUT2D eigenvalue weighted by Gasteiger charge is 2.37. The van der Waals surface area contributed by atoms with Crippen LogP contribution in [-0.4, -0.2) is 58.8 Å². The monoisotopic (exact) mass is 320 g/mol. The van der Waals surface area contributed by atoms with E-state index < -0.39 is 0 Å². The van der Waals surface area contributed by atoms with Gasteiger partial charge in [-0.2, -0.15) is 0 Å². The van der Waals surface area contributed by atoms with E-state index in [9.17, 15) is 9.59 Å². The molecule has 2 fully saturated rings. The van der Waals surface area contributed by atoms with Gasteiger partial charge in [0.05, 0.1) is 12.1 Å². The van der Waals surface area contributed by atoms with Gasteiger partial charge in [-0.25, -0.2) is 4.98 Å². The third kappa shape index (κ3) is 3.72. The molecule has 3 rings (SSSR count). The van der Waals surface area contributed by atoms with Crippen LogP contribution in [-0.2, 0) is 16.0 Å². The van der Waals surface area contributed by atoms with Gasteiger partial charge < -0.3 is 20.0 Å². The van der Waals surface area contributed by atoms with Gasteiger partial charge >= 0.3 is 0 Å². The summed E-state index contributed by atoms with van der Waals surface area (Å²) in [5, 5.41) is 0. The summed E-state index contributed by atoms with van der Waals surface area (Å²) in [6.45, 7) is 5.21. The number of carbonyl (C=O) groups excluding carboxylic acids is 2. The van der Waals surface area contributed by atoms with Gasteiger partial charge in [-0.1, -0.05) is 0 Å². The van der Waals surface area contributed by atoms with Crippen LogP contribution in [0.25, 0.3) is 0 Å². The molecule has 0 saturated carbocycles. The fourth-order valence-corrected chi connectivity index (χ4v) is 3.52. The van der Waals surface area contributed by atoms with E-state index in [4.69, 9.17) is 10.2 Å². The fraction of sp³-hybridized carbons (Fsp3) is 0.688. The van der Waals surface area contributed by atoms with Gasteiger partial charge in [0, 0.05) is 52.0 Å². The lowest BCUT2D eigenvalue weighted by molar-refractivity contribution is -0.130. The molecule has 2 N–H and O–H groups in total. The Bertz CT molecular complexity index is 578. The molecule has 1 atom stereocenters. The van der Waals surface area contributed by atoms with Crippen molar-refractivity contribution in [3.63, 3.8) is 0 Å². The summed E-state index contributed by atoms with van der Waals surface area (Å²) in [7, 11) is 0. The number of rotatable bonds is 5. The minimum absolute atomic E-state index is 0.0735. The second-order valence-electron chi connectivity index (χ2n) is 6.52. The first-order chi connectivity index (χ1) is 11.0. The van der Waals surface area contributed by atoms with Crippen molar-refractivity contribution in [1.29, 1.82) is 0 Å². The molecule has 7 heteroatoms. The number of nitrogens with zero attached hydrogens (tertiary/aromatic N) is 3. The highest BCUT2D eigenvalue weighted by atomic mass is 16.4. The SMILES string of the molecule is Cc1ncc(CCN2CCC(N3CC(C(N)=O)CC3=O)CC2)o1. The van der Waals surface area contributed by atoms with Crippen LogP contribution in [0.5, 0.6) is 0 Å². The van der Waals surface area contributed by atoms with Crippen molar-refractivity contribution in [2.75, 3.05) is 26.2 Å². The van der Waals surface area contributed by atoms with Crippen molar-refractivity contribution >= 4 is 11.8 Å². The minimum atomic E-state index is -0.361. The molecule has 126 valence electrons. The minimum Gasteiger partial charge on any atom is -0.446 e. The Morgan fingerprint density at radius 3 is 2.74 bits per heavy atom. The highest BCUT2D eigenvalue weighted by Crippen LogP contribution is 2.25. The quantitative estimate of drug-likeness (QED) is 0.843. The van der Waals surface area contributed by atoms with Crippen molar-refractivity contribution in [2.45, 2.75) is 38.6 Å². The summed E-state index contributed by atoms with van der Waals surface area (Å²) in [4.78, 5) is 31.7. The number of hydrogen-bond donors (Lipinski definition) is 1. The number of oxazole rings is 1. The fourth-order valence-electron chi connectivity index (χ4n) is 3.52. The van der Waals surface area contributed by atoms with Crippen molar-refractivity contribution in [3.8, 4) is 0 Å². The molecule has 2 amide bonds. The van der Waals surface area contributed by atoms with E-state index in [1.807, 2.05) is 11.8 Å². The molecule has 2 aliphatic rings. The van der Waals surface area contributed by atoms with Crippen LogP contribution in [0.1, 0.15) is 30.9 Å². The predicted molar refractivity (Wildman–Crippen MR) is 83.4 cm³/mol. The molecule has 0 spiro atoms. The van der Waals surface area contributed by atoms with Crippen LogP contribution in [0.2, 0.25) is 0 Å². The van der Waals surface area contributed by atoms with Crippen LogP contribution < -0.4 is 5.73 Å². The van der Waals surface area contributed by atoms with Crippen LogP contribution in [0.3, 0.4) is 0 Å². The molecule has 7 nitrogen and oxygen atoms in total. The number of nitrogens with two attached hydrogens (primary N) is 1. The Kier molecular flexibility index (Phi) is 4.66. The smallest absolute Gasteiger partial charge is 0.223 e. The third-order valence-electron chi connectivity index (χ3n) is 4.90. The molecular formula is C16H24N4O3. The molecule has 0 aromatic carbocycles. The van der Waals surface area contributed by atoms with E-state index in [2.05, 4.69) is 9.88 Å². The van der Waals surface area contributed by atoms with Crippen LogP contribution >= 0.6 is 0 Å². The maximum Gasteiger partial charge on any atom is 0.223 e. The number of primary amides is 1. The van der Waals surface area contributed by atoms with Gasteiger partial charge in [0.2, 0.25) is 11.8 Å². The predicted octanol–water partition coefficient (Wildman–Crippen LogP) is 0.324. The van der Waals surface area contributed by atoms with E-state index in [0.717, 1.165) is 44.7 Å². The number of aryl methyl sites for hydroxylation is 1. The molecule has 1 aromatic heterocycles. The van der Waals surface area contributed by atoms with Gasteiger partial charge in [0.15, 0.2) is 5.89 Å². The first kappa shape index (κ1) is 16.0. The van der Waals surface area contributed by atoms with Crippen molar-refractivity contribution in [1.82, 2.24) is 14.8 Å². The zero-order valence-electron chi connectivity index (χ0n) is 13.5. The molecule has 0 aliphatic carbocycles. The standard InChI is InChI=1S/C16H24N4O3/c1-11-18-9-14(23-11)4-7-19-5-2-13(3-6-19)20-10-12(16(17)22)8-15(20)21/h9,12-13H,2-8,10H2,1H3,(H2,17,22). The summed E-state index contributed by atoms with van der Waals surface area (Å²) in [6, 6.07) is 0.246. The normalized spacial score (nSPS) is 23.6. The summed E-state index contributed by atoms with van der Waals surface area (Å²) in [5.74, 6) is 1.03. The zero-order valence-corrected chi connectivity index (χ0v) is 13.5. The van der Waals surface area contributed by atoms with Gasteiger partial charge in [-0.15, -0.1) is 0 Å². The number of likely N-dealkylation sites (tertiary alicyclic amines) is 2. The van der Waals surface area contributed by atoms with Gasteiger partial charge in [0.1, 0.15) is 5.76 Å². The summed E-state index contributed by atoms with van der Waals surface area (Å²) >= 11 is 0. The average Bonchev–Trinajstić information content (AvgIpc) is 3.12. The van der Waals surface area contributed by atoms with E-state index >= 15 is 0 Å². The Balaban J connectivity index is 1.45. The Labute approximate surface area is 135 Å². The number of aromatic nitrogens is 1. The summed E-state index contributed by atoms with van der Waals surface area (Å²) in [6.07, 6.45) is 4.83. The molecule has 23 heavy (non-hydrogen) atoms. The van der Waals surface area contributed by atoms with Crippen LogP contribution in [0.15, 0.2) is 10.6 Å². The van der Waals surface area contributed by atoms with Crippen molar-refractivity contribution in [2.24, 2.45) is 11.7 Å². The molecule has 1 unspecified atom stereocenters. The largest absolute Gasteiger partial charge is 0.446 e. The maximum atomic E-state index is 12.1. The first-order valence-electron chi connectivity index (χ1n) is 8.25. The molecular weight excluding hydrogens is 296 g/mol. The summed E-state index contributed by atoms with van der Waals surface area (Å²) < 4.78 is 5.49. The molecule has 2 saturated heterocycles. The lowest BCUT2D eigenvalue weighted by atomic mass is 10.0. The Morgan fingerprint density at radius 2 is 2.17 bits per heavy atom. The maximum absolute atomic E-state index is 12.1. The van der Waals surface area contributed by atoms with Crippen LogP contribution in [0, 0.1) is 12.8 Å². The molecule has 0 radical (unpaired) electrons. The molecule has 1 aromatic rings. The number of hydrogen-bond acceptors (Lipinski definition) is 5. The molecule has 2 aliphatic heterocycles. The second kappa shape index (κ2) is 6.70. The van der Waals surface area contributed by atoms with Gasteiger partial charge in [-0.3, -0.25) is 9.59 Å². The first-order valence-corrected chi connectivity index (χ1v) is 8.25. The summed E-state index contributed by atoms with van der Waals surface area (Å²) in [5.41, 5.74) is 5.33. The Hall–Kier alpha value is -1.89. The van der Waals surface area contributed by atoms with Crippen LogP contribution in [0.4, 0.5) is 0 Å². The van der Waals surface area contributed by atoms with Gasteiger partial charge in [-0.05, 0) is 12.8 Å². The van der Waals surface area contributed by atoms with E-state index in [-0.39, 0.29) is 30.2 Å². The third-order valence-corrected chi connectivity index (χ3v) is 4.90. The average molecular weight is 320 g/mol. The van der Waals surface area contributed by atoms with Gasteiger partial charge in [0.25, 0.3) is 0 Å². The number of carbonyl (C=O) groups is 2. The van der Waals surface area contributed by atoms with E-state index in [1.54, 1.807) is 6.20 Å². The van der Waals surface area contributed by atoms with E-state index in [1.165, 1.54) is 0 Å². The lowest BCUT2D eigenvalue weighted by Crippen LogP contribution is -2.46. The molecule has 0 bridgehead atoms. The lowest BCUT2D eigenvalue weighted by Gasteiger charge is -2.36. The van der Waals surface area contributed by atoms with Crippen molar-refractivity contribution < 1.29 is 14.0 Å². The second-order valence-corrected chi connectivity index (χ2v) is 6.52. The van der Waals surface area contributed by atoms with E-state index in [0.29, 0.717) is 12.4 Å². The topological polar surface area (TPSA) is 92.7 Å². The zero-order chi connectivity index (χ0) is 16.4. The van der Waals surface area contributed by atoms with Crippen molar-refractivity contribution in [3.05, 3.63) is 17.8 Å². The number of piperidine rings is 1. The Morgan fingerprint density at radius 1 is 1.43 bits per heavy atom. The highest BCUT2D eigenvalue weighted by molar-refractivity contribution is 5.88. The number of amides is 2.